The van der Waals surface area contributed by atoms with Gasteiger partial charge in [0.15, 0.2) is 5.43 Å². The summed E-state index contributed by atoms with van der Waals surface area (Å²) >= 11 is 0. The minimum absolute atomic E-state index is 0.0735. The zero-order valence-corrected chi connectivity index (χ0v) is 7.64. The highest BCUT2D eigenvalue weighted by molar-refractivity contribution is 5.75. The third-order valence-corrected chi connectivity index (χ3v) is 1.62. The summed E-state index contributed by atoms with van der Waals surface area (Å²) in [5.41, 5.74) is -0.0861. The van der Waals surface area contributed by atoms with Gasteiger partial charge in [0.25, 0.3) is 0 Å². The molecule has 5 nitrogen and oxygen atoms in total. The number of carbonyl (C=O) groups excluding carboxylic acids is 1. The van der Waals surface area contributed by atoms with Crippen LogP contribution >= 0.6 is 0 Å². The normalized spacial score (nSPS) is 9.79. The molecule has 1 rings (SSSR count). The molecule has 0 fully saturated rings. The molecule has 1 amide bonds. The maximum Gasteiger partial charge on any atom is 0.239 e. The lowest BCUT2D eigenvalue weighted by atomic mass is 10.4. The van der Waals surface area contributed by atoms with Gasteiger partial charge in [-0.3, -0.25) is 9.59 Å². The van der Waals surface area contributed by atoms with Crippen molar-refractivity contribution >= 4 is 5.91 Å². The minimum atomic E-state index is -0.192. The SMILES string of the molecule is O=C(Cn1ccc(=O)cc1)NCCO. The maximum atomic E-state index is 11.1. The molecular weight excluding hydrogens is 184 g/mol. The van der Waals surface area contributed by atoms with Gasteiger partial charge in [-0.05, 0) is 0 Å². The van der Waals surface area contributed by atoms with Crippen molar-refractivity contribution in [3.05, 3.63) is 34.7 Å². The Bertz CT molecular complexity index is 339. The minimum Gasteiger partial charge on any atom is -0.395 e. The predicted octanol–water partition coefficient (Wildman–Crippen LogP) is -1.04. The number of nitrogens with zero attached hydrogens (tertiary/aromatic N) is 1. The summed E-state index contributed by atoms with van der Waals surface area (Å²) < 4.78 is 1.59. The van der Waals surface area contributed by atoms with E-state index in [2.05, 4.69) is 5.32 Å². The van der Waals surface area contributed by atoms with Crippen LogP contribution in [0.25, 0.3) is 0 Å². The number of nitrogens with one attached hydrogen (secondary N) is 1. The van der Waals surface area contributed by atoms with Crippen LogP contribution in [0.15, 0.2) is 29.3 Å². The molecule has 76 valence electrons. The number of carbonyl (C=O) groups is 1. The van der Waals surface area contributed by atoms with Gasteiger partial charge < -0.3 is 15.0 Å². The number of hydrogen-bond acceptors (Lipinski definition) is 3. The largest absolute Gasteiger partial charge is 0.395 e. The third kappa shape index (κ3) is 3.40. The number of amides is 1. The number of pyridine rings is 1. The summed E-state index contributed by atoms with van der Waals surface area (Å²) in [5.74, 6) is -0.192. The quantitative estimate of drug-likeness (QED) is 0.646. The summed E-state index contributed by atoms with van der Waals surface area (Å²) in [7, 11) is 0. The van der Waals surface area contributed by atoms with Crippen LogP contribution in [-0.4, -0.2) is 28.7 Å². The molecule has 1 aromatic rings. The fourth-order valence-electron chi connectivity index (χ4n) is 0.966. The lowest BCUT2D eigenvalue weighted by Gasteiger charge is -2.05. The molecule has 5 heteroatoms. The summed E-state index contributed by atoms with van der Waals surface area (Å²) in [6.45, 7) is 0.329. The summed E-state index contributed by atoms with van der Waals surface area (Å²) in [4.78, 5) is 21.9. The summed E-state index contributed by atoms with van der Waals surface area (Å²) in [6, 6.07) is 2.78. The third-order valence-electron chi connectivity index (χ3n) is 1.62. The zero-order valence-electron chi connectivity index (χ0n) is 7.64. The van der Waals surface area contributed by atoms with Crippen molar-refractivity contribution in [3.8, 4) is 0 Å². The van der Waals surface area contributed by atoms with E-state index in [-0.39, 0.29) is 31.0 Å². The van der Waals surface area contributed by atoms with Gasteiger partial charge in [-0.1, -0.05) is 0 Å². The Hall–Kier alpha value is -1.62. The molecule has 0 aliphatic rings. The van der Waals surface area contributed by atoms with E-state index >= 15 is 0 Å². The van der Waals surface area contributed by atoms with E-state index in [0.717, 1.165) is 0 Å². The fourth-order valence-corrected chi connectivity index (χ4v) is 0.966. The average Bonchev–Trinajstić information content (AvgIpc) is 2.18. The van der Waals surface area contributed by atoms with Crippen LogP contribution < -0.4 is 10.7 Å². The van der Waals surface area contributed by atoms with Crippen molar-refractivity contribution in [2.45, 2.75) is 6.54 Å². The van der Waals surface area contributed by atoms with E-state index in [1.165, 1.54) is 12.1 Å². The first kappa shape index (κ1) is 10.5. The molecule has 0 aliphatic carbocycles. The second-order valence-corrected chi connectivity index (χ2v) is 2.78. The first-order valence-corrected chi connectivity index (χ1v) is 4.26. The number of aliphatic hydroxyl groups excluding tert-OH is 1. The van der Waals surface area contributed by atoms with Crippen molar-refractivity contribution in [1.29, 1.82) is 0 Å². The van der Waals surface area contributed by atoms with E-state index in [9.17, 15) is 9.59 Å². The molecule has 0 saturated heterocycles. The van der Waals surface area contributed by atoms with Gasteiger partial charge in [0, 0.05) is 31.1 Å². The number of aromatic nitrogens is 1. The topological polar surface area (TPSA) is 71.3 Å². The van der Waals surface area contributed by atoms with Crippen molar-refractivity contribution in [2.24, 2.45) is 0 Å². The second-order valence-electron chi connectivity index (χ2n) is 2.78. The van der Waals surface area contributed by atoms with Crippen LogP contribution in [0.3, 0.4) is 0 Å². The van der Waals surface area contributed by atoms with Crippen molar-refractivity contribution in [1.82, 2.24) is 9.88 Å². The monoisotopic (exact) mass is 196 g/mol. The predicted molar refractivity (Wildman–Crippen MR) is 50.8 cm³/mol. The molecule has 14 heavy (non-hydrogen) atoms. The van der Waals surface area contributed by atoms with E-state index in [1.54, 1.807) is 17.0 Å². The fraction of sp³-hybridized carbons (Fsp3) is 0.333. The van der Waals surface area contributed by atoms with Gasteiger partial charge in [0.05, 0.1) is 6.61 Å². The molecule has 2 N–H and O–H groups in total. The highest BCUT2D eigenvalue weighted by atomic mass is 16.3. The van der Waals surface area contributed by atoms with Crippen molar-refractivity contribution in [2.75, 3.05) is 13.2 Å². The number of hydrogen-bond donors (Lipinski definition) is 2. The molecule has 0 saturated carbocycles. The molecule has 0 bridgehead atoms. The molecular formula is C9H12N2O3. The Labute approximate surface area is 81.0 Å². The van der Waals surface area contributed by atoms with Crippen molar-refractivity contribution < 1.29 is 9.90 Å². The smallest absolute Gasteiger partial charge is 0.239 e. The van der Waals surface area contributed by atoms with E-state index in [0.29, 0.717) is 0 Å². The van der Waals surface area contributed by atoms with Crippen LogP contribution in [0.4, 0.5) is 0 Å². The van der Waals surface area contributed by atoms with Crippen LogP contribution in [-0.2, 0) is 11.3 Å². The number of aliphatic hydroxyl groups is 1. The lowest BCUT2D eigenvalue weighted by molar-refractivity contribution is -0.121. The van der Waals surface area contributed by atoms with Gasteiger partial charge in [-0.2, -0.15) is 0 Å². The van der Waals surface area contributed by atoms with Gasteiger partial charge in [-0.15, -0.1) is 0 Å². The first-order chi connectivity index (χ1) is 6.72. The number of rotatable bonds is 4. The standard InChI is InChI=1S/C9H12N2O3/c12-6-3-10-9(14)7-11-4-1-8(13)2-5-11/h1-2,4-5,12H,3,6-7H2,(H,10,14). The van der Waals surface area contributed by atoms with Crippen molar-refractivity contribution in [3.63, 3.8) is 0 Å². The van der Waals surface area contributed by atoms with E-state index < -0.39 is 0 Å². The second kappa shape index (κ2) is 5.18. The van der Waals surface area contributed by atoms with Gasteiger partial charge in [0.2, 0.25) is 5.91 Å². The lowest BCUT2D eigenvalue weighted by Crippen LogP contribution is -2.29. The molecule has 0 radical (unpaired) electrons. The van der Waals surface area contributed by atoms with Gasteiger partial charge in [-0.25, -0.2) is 0 Å². The summed E-state index contributed by atoms with van der Waals surface area (Å²) in [5, 5.41) is 11.0. The maximum absolute atomic E-state index is 11.1. The molecule has 0 spiro atoms. The molecule has 0 aliphatic heterocycles. The highest BCUT2D eigenvalue weighted by Gasteiger charge is 1.99. The highest BCUT2D eigenvalue weighted by Crippen LogP contribution is 1.84. The molecule has 0 aromatic carbocycles. The summed E-state index contributed by atoms with van der Waals surface area (Å²) in [6.07, 6.45) is 3.09. The van der Waals surface area contributed by atoms with Gasteiger partial charge in [0.1, 0.15) is 6.54 Å². The van der Waals surface area contributed by atoms with E-state index in [1.807, 2.05) is 0 Å². The Balaban J connectivity index is 2.48. The molecule has 1 heterocycles. The van der Waals surface area contributed by atoms with Crippen LogP contribution in [0, 0.1) is 0 Å². The van der Waals surface area contributed by atoms with Crippen LogP contribution in [0.5, 0.6) is 0 Å². The zero-order chi connectivity index (χ0) is 10.4. The molecule has 0 unspecified atom stereocenters. The van der Waals surface area contributed by atoms with Gasteiger partial charge >= 0.3 is 0 Å². The molecule has 0 atom stereocenters. The Kier molecular flexibility index (Phi) is 3.87. The van der Waals surface area contributed by atoms with Crippen LogP contribution in [0.2, 0.25) is 0 Å². The first-order valence-electron chi connectivity index (χ1n) is 4.26. The Morgan fingerprint density at radius 2 is 2.07 bits per heavy atom. The Morgan fingerprint density at radius 1 is 1.43 bits per heavy atom. The molecule has 1 aromatic heterocycles. The Morgan fingerprint density at radius 3 is 2.64 bits per heavy atom. The van der Waals surface area contributed by atoms with Crippen LogP contribution in [0.1, 0.15) is 0 Å². The van der Waals surface area contributed by atoms with E-state index in [4.69, 9.17) is 5.11 Å². The average molecular weight is 196 g/mol.